The van der Waals surface area contributed by atoms with E-state index in [1.54, 1.807) is 0 Å². The van der Waals surface area contributed by atoms with Crippen molar-refractivity contribution in [1.29, 1.82) is 0 Å². The third kappa shape index (κ3) is 3.99. The molecular weight excluding hydrogens is 254 g/mol. The van der Waals surface area contributed by atoms with Crippen LogP contribution < -0.4 is 10.6 Å². The highest BCUT2D eigenvalue weighted by molar-refractivity contribution is 6.39. The number of alkyl halides is 1. The van der Waals surface area contributed by atoms with Gasteiger partial charge in [0.1, 0.15) is 11.6 Å². The highest BCUT2D eigenvalue weighted by atomic mass is 35.5. The molecule has 7 heteroatoms. The molecule has 0 aromatic heterocycles. The fraction of sp³-hybridized carbons (Fsp3) is 0.200. The van der Waals surface area contributed by atoms with E-state index in [4.69, 9.17) is 11.6 Å². The molecule has 0 spiro atoms. The van der Waals surface area contributed by atoms with Crippen molar-refractivity contribution in [2.45, 2.75) is 0 Å². The summed E-state index contributed by atoms with van der Waals surface area (Å²) < 4.78 is 25.7. The van der Waals surface area contributed by atoms with E-state index in [1.165, 1.54) is 0 Å². The maximum Gasteiger partial charge on any atom is 0.313 e. The molecule has 2 amide bonds. The van der Waals surface area contributed by atoms with E-state index < -0.39 is 23.4 Å². The van der Waals surface area contributed by atoms with Gasteiger partial charge in [0.25, 0.3) is 0 Å². The van der Waals surface area contributed by atoms with Gasteiger partial charge in [-0.05, 0) is 12.1 Å². The number of carbonyl (C=O) groups is 2. The highest BCUT2D eigenvalue weighted by Gasteiger charge is 2.15. The molecule has 0 saturated carbocycles. The fourth-order valence-electron chi connectivity index (χ4n) is 1.01. The SMILES string of the molecule is O=C(NCCCl)C(=O)Nc1ccc(F)cc1F. The summed E-state index contributed by atoms with van der Waals surface area (Å²) in [6.45, 7) is 0.125. The van der Waals surface area contributed by atoms with Crippen LogP contribution in [0, 0.1) is 11.6 Å². The first-order chi connectivity index (χ1) is 8.04. The van der Waals surface area contributed by atoms with Gasteiger partial charge < -0.3 is 10.6 Å². The van der Waals surface area contributed by atoms with Gasteiger partial charge in [0, 0.05) is 18.5 Å². The number of benzene rings is 1. The smallest absolute Gasteiger partial charge is 0.313 e. The van der Waals surface area contributed by atoms with Crippen LogP contribution in [0.15, 0.2) is 18.2 Å². The van der Waals surface area contributed by atoms with Gasteiger partial charge in [0.2, 0.25) is 0 Å². The van der Waals surface area contributed by atoms with Crippen LogP contribution in [0.4, 0.5) is 14.5 Å². The van der Waals surface area contributed by atoms with Gasteiger partial charge in [-0.15, -0.1) is 11.6 Å². The first-order valence-electron chi connectivity index (χ1n) is 4.65. The molecule has 0 fully saturated rings. The van der Waals surface area contributed by atoms with E-state index in [-0.39, 0.29) is 18.1 Å². The molecule has 17 heavy (non-hydrogen) atoms. The van der Waals surface area contributed by atoms with Crippen LogP contribution in [-0.4, -0.2) is 24.2 Å². The zero-order chi connectivity index (χ0) is 12.8. The zero-order valence-electron chi connectivity index (χ0n) is 8.60. The topological polar surface area (TPSA) is 58.2 Å². The lowest BCUT2D eigenvalue weighted by Gasteiger charge is -2.06. The number of amides is 2. The Labute approximate surface area is 101 Å². The number of halogens is 3. The number of hydrogen-bond donors (Lipinski definition) is 2. The first kappa shape index (κ1) is 13.4. The zero-order valence-corrected chi connectivity index (χ0v) is 9.35. The van der Waals surface area contributed by atoms with Crippen molar-refractivity contribution in [3.05, 3.63) is 29.8 Å². The minimum atomic E-state index is -1.04. The molecule has 2 N–H and O–H groups in total. The molecule has 0 aliphatic carbocycles. The molecule has 0 aliphatic heterocycles. The van der Waals surface area contributed by atoms with Crippen molar-refractivity contribution < 1.29 is 18.4 Å². The van der Waals surface area contributed by atoms with Crippen LogP contribution in [0.5, 0.6) is 0 Å². The molecule has 0 aliphatic rings. The molecule has 0 bridgehead atoms. The summed E-state index contributed by atoms with van der Waals surface area (Å²) in [4.78, 5) is 22.3. The predicted octanol–water partition coefficient (Wildman–Crippen LogP) is 1.26. The van der Waals surface area contributed by atoms with Crippen molar-refractivity contribution in [2.24, 2.45) is 0 Å². The molecule has 0 heterocycles. The Morgan fingerprint density at radius 2 is 1.94 bits per heavy atom. The van der Waals surface area contributed by atoms with Gasteiger partial charge in [-0.1, -0.05) is 0 Å². The van der Waals surface area contributed by atoms with E-state index in [0.29, 0.717) is 6.07 Å². The summed E-state index contributed by atoms with van der Waals surface area (Å²) in [5, 5.41) is 4.21. The molecule has 0 radical (unpaired) electrons. The Morgan fingerprint density at radius 1 is 1.24 bits per heavy atom. The first-order valence-corrected chi connectivity index (χ1v) is 5.18. The summed E-state index contributed by atoms with van der Waals surface area (Å²) >= 11 is 5.31. The third-order valence-electron chi connectivity index (χ3n) is 1.77. The highest BCUT2D eigenvalue weighted by Crippen LogP contribution is 2.14. The van der Waals surface area contributed by atoms with Gasteiger partial charge in [-0.3, -0.25) is 9.59 Å². The van der Waals surface area contributed by atoms with Gasteiger partial charge in [-0.25, -0.2) is 8.78 Å². The average Bonchev–Trinajstić information content (AvgIpc) is 2.29. The molecule has 1 rings (SSSR count). The largest absolute Gasteiger partial charge is 0.347 e. The second-order valence-corrected chi connectivity index (χ2v) is 3.40. The van der Waals surface area contributed by atoms with E-state index in [2.05, 4.69) is 5.32 Å². The lowest BCUT2D eigenvalue weighted by atomic mass is 10.3. The Balaban J connectivity index is 2.64. The molecule has 0 saturated heterocycles. The number of nitrogens with one attached hydrogen (secondary N) is 2. The van der Waals surface area contributed by atoms with Gasteiger partial charge in [-0.2, -0.15) is 0 Å². The van der Waals surface area contributed by atoms with Crippen molar-refractivity contribution in [3.8, 4) is 0 Å². The van der Waals surface area contributed by atoms with E-state index >= 15 is 0 Å². The standard InChI is InChI=1S/C10H9ClF2N2O2/c11-3-4-14-9(16)10(17)15-8-2-1-6(12)5-7(8)13/h1-2,5H,3-4H2,(H,14,16)(H,15,17). The maximum absolute atomic E-state index is 13.1. The number of rotatable bonds is 3. The number of carbonyl (C=O) groups excluding carboxylic acids is 2. The summed E-state index contributed by atoms with van der Waals surface area (Å²) in [6.07, 6.45) is 0. The Hall–Kier alpha value is -1.69. The van der Waals surface area contributed by atoms with Gasteiger partial charge in [0.15, 0.2) is 0 Å². The summed E-state index contributed by atoms with van der Waals surface area (Å²) in [7, 11) is 0. The van der Waals surface area contributed by atoms with Crippen molar-refractivity contribution in [1.82, 2.24) is 5.32 Å². The van der Waals surface area contributed by atoms with E-state index in [0.717, 1.165) is 12.1 Å². The van der Waals surface area contributed by atoms with Crippen LogP contribution in [0.1, 0.15) is 0 Å². The van der Waals surface area contributed by atoms with Crippen LogP contribution in [0.2, 0.25) is 0 Å². The second kappa shape index (κ2) is 6.15. The second-order valence-electron chi connectivity index (χ2n) is 3.02. The molecule has 92 valence electrons. The van der Waals surface area contributed by atoms with E-state index in [1.807, 2.05) is 5.32 Å². The Bertz CT molecular complexity index is 440. The molecule has 0 atom stereocenters. The minimum Gasteiger partial charge on any atom is -0.347 e. The van der Waals surface area contributed by atoms with Gasteiger partial charge in [0.05, 0.1) is 5.69 Å². The molecule has 1 aromatic carbocycles. The quantitative estimate of drug-likeness (QED) is 0.636. The van der Waals surface area contributed by atoms with Gasteiger partial charge >= 0.3 is 11.8 Å². The van der Waals surface area contributed by atoms with Crippen LogP contribution in [0.3, 0.4) is 0 Å². The number of hydrogen-bond acceptors (Lipinski definition) is 2. The predicted molar refractivity (Wildman–Crippen MR) is 58.7 cm³/mol. The van der Waals surface area contributed by atoms with Crippen LogP contribution >= 0.6 is 11.6 Å². The lowest BCUT2D eigenvalue weighted by Crippen LogP contribution is -2.36. The molecule has 4 nitrogen and oxygen atoms in total. The minimum absolute atomic E-state index is 0.125. The summed E-state index contributed by atoms with van der Waals surface area (Å²) in [5.41, 5.74) is -0.266. The summed E-state index contributed by atoms with van der Waals surface area (Å²) in [5.74, 6) is -3.55. The van der Waals surface area contributed by atoms with Crippen molar-refractivity contribution in [2.75, 3.05) is 17.7 Å². The monoisotopic (exact) mass is 262 g/mol. The third-order valence-corrected chi connectivity index (χ3v) is 1.95. The maximum atomic E-state index is 13.1. The molecule has 0 unspecified atom stereocenters. The van der Waals surface area contributed by atoms with Crippen LogP contribution in [0.25, 0.3) is 0 Å². The normalized spacial score (nSPS) is 9.82. The average molecular weight is 263 g/mol. The molecular formula is C10H9ClF2N2O2. The van der Waals surface area contributed by atoms with Crippen molar-refractivity contribution >= 4 is 29.1 Å². The van der Waals surface area contributed by atoms with Crippen LogP contribution in [-0.2, 0) is 9.59 Å². The number of anilines is 1. The van der Waals surface area contributed by atoms with E-state index in [9.17, 15) is 18.4 Å². The summed E-state index contributed by atoms with van der Waals surface area (Å²) in [6, 6.07) is 2.60. The lowest BCUT2D eigenvalue weighted by molar-refractivity contribution is -0.136. The Morgan fingerprint density at radius 3 is 2.53 bits per heavy atom. The molecule has 1 aromatic rings. The van der Waals surface area contributed by atoms with Crippen molar-refractivity contribution in [3.63, 3.8) is 0 Å². The fourth-order valence-corrected chi connectivity index (χ4v) is 1.11. The Kier molecular flexibility index (Phi) is 4.84.